The van der Waals surface area contributed by atoms with Crippen LogP contribution in [0.5, 0.6) is 0 Å². The third-order valence-corrected chi connectivity index (χ3v) is 6.59. The summed E-state index contributed by atoms with van der Waals surface area (Å²) in [5.41, 5.74) is 4.43. The fourth-order valence-electron chi connectivity index (χ4n) is 3.51. The van der Waals surface area contributed by atoms with Crippen LogP contribution in [0.25, 0.3) is 10.4 Å². The minimum Gasteiger partial charge on any atom is -0.477 e. The fraction of sp³-hybridized carbons (Fsp3) is 0.250. The van der Waals surface area contributed by atoms with Crippen LogP contribution >= 0.6 is 11.3 Å². The van der Waals surface area contributed by atoms with Gasteiger partial charge in [0.1, 0.15) is 4.88 Å². The number of carboxylic acid groups (broad SMARTS) is 1. The summed E-state index contributed by atoms with van der Waals surface area (Å²) in [5.74, 6) is -1.04. The van der Waals surface area contributed by atoms with Gasteiger partial charge in [0.05, 0.1) is 12.1 Å². The fourth-order valence-corrected chi connectivity index (χ4v) is 4.35. The number of aryl methyl sites for hydroxylation is 1. The Morgan fingerprint density at radius 2 is 1.94 bits per heavy atom. The molecule has 1 aliphatic heterocycles. The minimum atomic E-state index is -0.923. The zero-order chi connectivity index (χ0) is 22.0. The second-order valence-electron chi connectivity index (χ2n) is 7.82. The van der Waals surface area contributed by atoms with Crippen LogP contribution in [0.1, 0.15) is 44.1 Å². The number of rotatable bonds is 7. The van der Waals surface area contributed by atoms with Crippen LogP contribution in [0.3, 0.4) is 0 Å². The first-order chi connectivity index (χ1) is 14.9. The van der Waals surface area contributed by atoms with E-state index in [4.69, 9.17) is 5.11 Å². The average Bonchev–Trinajstić information content (AvgIpc) is 3.22. The number of carbonyl (C=O) groups is 2. The summed E-state index contributed by atoms with van der Waals surface area (Å²) in [6.07, 6.45) is 0. The molecule has 0 saturated carbocycles. The Balaban J connectivity index is 1.49. The van der Waals surface area contributed by atoms with Crippen LogP contribution < -0.4 is 16.0 Å². The van der Waals surface area contributed by atoms with E-state index in [0.29, 0.717) is 16.5 Å². The smallest absolute Gasteiger partial charge is 0.345 e. The number of benzene rings is 2. The summed E-state index contributed by atoms with van der Waals surface area (Å²) in [4.78, 5) is 25.3. The van der Waals surface area contributed by atoms with Crippen LogP contribution in [0.15, 0.2) is 54.6 Å². The first kappa shape index (κ1) is 21.1. The molecule has 0 spiro atoms. The molecule has 1 fully saturated rings. The van der Waals surface area contributed by atoms with E-state index in [1.165, 1.54) is 11.3 Å². The standard InChI is InChI=1S/C24H25N3O3S/c1-14-6-7-18(27-19-12-25-13-19)11-20(14)23(28)26-15(2)16-4-3-5-17(10-16)21-8-9-22(31-21)24(29)30/h3-11,15,19,25,27H,12-13H2,1-2H3,(H,26,28)(H,29,30). The Bertz CT molecular complexity index is 1120. The van der Waals surface area contributed by atoms with Gasteiger partial charge in [-0.15, -0.1) is 11.3 Å². The molecular formula is C24H25N3O3S. The Labute approximate surface area is 185 Å². The number of aromatic carboxylic acids is 1. The topological polar surface area (TPSA) is 90.5 Å². The molecule has 1 amide bonds. The number of hydrogen-bond acceptors (Lipinski definition) is 5. The van der Waals surface area contributed by atoms with E-state index in [0.717, 1.165) is 40.3 Å². The van der Waals surface area contributed by atoms with E-state index in [1.54, 1.807) is 6.07 Å². The summed E-state index contributed by atoms with van der Waals surface area (Å²) >= 11 is 1.24. The van der Waals surface area contributed by atoms with Crippen LogP contribution in [0.4, 0.5) is 5.69 Å². The normalized spacial score (nSPS) is 14.5. The predicted molar refractivity (Wildman–Crippen MR) is 124 cm³/mol. The van der Waals surface area contributed by atoms with Gasteiger partial charge in [-0.25, -0.2) is 4.79 Å². The SMILES string of the molecule is Cc1ccc(NC2CNC2)cc1C(=O)NC(C)c1cccc(-c2ccc(C(=O)O)s2)c1. The Kier molecular flexibility index (Phi) is 6.06. The van der Waals surface area contributed by atoms with Gasteiger partial charge in [0.2, 0.25) is 0 Å². The van der Waals surface area contributed by atoms with Crippen LogP contribution in [-0.2, 0) is 0 Å². The highest BCUT2D eigenvalue weighted by Gasteiger charge is 2.18. The van der Waals surface area contributed by atoms with Crippen LogP contribution in [-0.4, -0.2) is 36.1 Å². The van der Waals surface area contributed by atoms with Gasteiger partial charge in [0, 0.05) is 29.2 Å². The zero-order valence-electron chi connectivity index (χ0n) is 17.4. The van der Waals surface area contributed by atoms with Gasteiger partial charge >= 0.3 is 5.97 Å². The Morgan fingerprint density at radius 3 is 2.61 bits per heavy atom. The molecule has 2 heterocycles. The second kappa shape index (κ2) is 8.91. The van der Waals surface area contributed by atoms with Crippen molar-refractivity contribution in [3.05, 3.63) is 76.2 Å². The first-order valence-electron chi connectivity index (χ1n) is 10.2. The van der Waals surface area contributed by atoms with Crippen molar-refractivity contribution in [3.8, 4) is 10.4 Å². The van der Waals surface area contributed by atoms with Crippen molar-refractivity contribution >= 4 is 28.9 Å². The Morgan fingerprint density at radius 1 is 1.13 bits per heavy atom. The second-order valence-corrected chi connectivity index (χ2v) is 8.90. The number of carbonyl (C=O) groups excluding carboxylic acids is 1. The van der Waals surface area contributed by atoms with Gasteiger partial charge < -0.3 is 21.1 Å². The summed E-state index contributed by atoms with van der Waals surface area (Å²) in [5, 5.41) is 18.9. The number of nitrogens with one attached hydrogen (secondary N) is 3. The highest BCUT2D eigenvalue weighted by atomic mass is 32.1. The molecule has 4 rings (SSSR count). The lowest BCUT2D eigenvalue weighted by Crippen LogP contribution is -2.51. The monoisotopic (exact) mass is 435 g/mol. The molecule has 2 aromatic carbocycles. The third kappa shape index (κ3) is 4.78. The maximum absolute atomic E-state index is 13.0. The van der Waals surface area contributed by atoms with Gasteiger partial charge in [0.25, 0.3) is 5.91 Å². The van der Waals surface area contributed by atoms with E-state index in [1.807, 2.05) is 62.4 Å². The van der Waals surface area contributed by atoms with Crippen molar-refractivity contribution in [1.29, 1.82) is 0 Å². The number of anilines is 1. The lowest BCUT2D eigenvalue weighted by Gasteiger charge is -2.29. The first-order valence-corrected chi connectivity index (χ1v) is 11.0. The summed E-state index contributed by atoms with van der Waals surface area (Å²) in [7, 11) is 0. The summed E-state index contributed by atoms with van der Waals surface area (Å²) in [6, 6.07) is 17.4. The largest absolute Gasteiger partial charge is 0.477 e. The van der Waals surface area contributed by atoms with Gasteiger partial charge in [0.15, 0.2) is 0 Å². The molecule has 1 aromatic heterocycles. The third-order valence-electron chi connectivity index (χ3n) is 5.47. The zero-order valence-corrected chi connectivity index (χ0v) is 18.3. The van der Waals surface area contributed by atoms with Crippen molar-refractivity contribution in [2.45, 2.75) is 25.9 Å². The lowest BCUT2D eigenvalue weighted by molar-refractivity contribution is 0.0702. The van der Waals surface area contributed by atoms with E-state index in [9.17, 15) is 9.59 Å². The van der Waals surface area contributed by atoms with Crippen LogP contribution in [0, 0.1) is 6.92 Å². The molecule has 0 aliphatic carbocycles. The molecule has 1 atom stereocenters. The van der Waals surface area contributed by atoms with E-state index in [-0.39, 0.29) is 11.9 Å². The molecule has 7 heteroatoms. The molecule has 1 unspecified atom stereocenters. The molecule has 31 heavy (non-hydrogen) atoms. The summed E-state index contributed by atoms with van der Waals surface area (Å²) in [6.45, 7) is 5.75. The highest BCUT2D eigenvalue weighted by Crippen LogP contribution is 2.30. The molecule has 1 aliphatic rings. The Hall–Kier alpha value is -3.16. The molecule has 1 saturated heterocycles. The highest BCUT2D eigenvalue weighted by molar-refractivity contribution is 7.17. The maximum atomic E-state index is 13.0. The lowest BCUT2D eigenvalue weighted by atomic mass is 10.0. The van der Waals surface area contributed by atoms with E-state index < -0.39 is 5.97 Å². The number of amides is 1. The molecule has 0 bridgehead atoms. The van der Waals surface area contributed by atoms with Crippen molar-refractivity contribution in [3.63, 3.8) is 0 Å². The number of thiophene rings is 1. The number of carboxylic acids is 1. The molecule has 3 aromatic rings. The predicted octanol–water partition coefficient (Wildman–Crippen LogP) is 4.30. The van der Waals surface area contributed by atoms with Gasteiger partial charge in [-0.05, 0) is 60.9 Å². The molecule has 160 valence electrons. The van der Waals surface area contributed by atoms with E-state index in [2.05, 4.69) is 16.0 Å². The van der Waals surface area contributed by atoms with Gasteiger partial charge in [-0.2, -0.15) is 0 Å². The molecule has 6 nitrogen and oxygen atoms in total. The van der Waals surface area contributed by atoms with Crippen molar-refractivity contribution in [1.82, 2.24) is 10.6 Å². The molecule has 0 radical (unpaired) electrons. The van der Waals surface area contributed by atoms with Gasteiger partial charge in [-0.3, -0.25) is 4.79 Å². The summed E-state index contributed by atoms with van der Waals surface area (Å²) < 4.78 is 0. The van der Waals surface area contributed by atoms with E-state index >= 15 is 0 Å². The van der Waals surface area contributed by atoms with Crippen molar-refractivity contribution in [2.75, 3.05) is 18.4 Å². The van der Waals surface area contributed by atoms with Crippen LogP contribution in [0.2, 0.25) is 0 Å². The molecular weight excluding hydrogens is 410 g/mol. The molecule has 4 N–H and O–H groups in total. The van der Waals surface area contributed by atoms with Gasteiger partial charge in [-0.1, -0.05) is 24.3 Å². The average molecular weight is 436 g/mol. The maximum Gasteiger partial charge on any atom is 0.345 e. The minimum absolute atomic E-state index is 0.116. The number of hydrogen-bond donors (Lipinski definition) is 4. The van der Waals surface area contributed by atoms with Crippen molar-refractivity contribution < 1.29 is 14.7 Å². The van der Waals surface area contributed by atoms with Crippen molar-refractivity contribution in [2.24, 2.45) is 0 Å². The quantitative estimate of drug-likeness (QED) is 0.444.